The quantitative estimate of drug-likeness (QED) is 0.599. The molecule has 28 heavy (non-hydrogen) atoms. The van der Waals surface area contributed by atoms with Gasteiger partial charge in [0.15, 0.2) is 11.5 Å². The van der Waals surface area contributed by atoms with Gasteiger partial charge in [0.05, 0.1) is 26.1 Å². The molecule has 0 unspecified atom stereocenters. The summed E-state index contributed by atoms with van der Waals surface area (Å²) in [7, 11) is 3.13. The lowest BCUT2D eigenvalue weighted by atomic mass is 10.2. The zero-order valence-electron chi connectivity index (χ0n) is 15.4. The summed E-state index contributed by atoms with van der Waals surface area (Å²) in [5.41, 5.74) is 2.15. The van der Waals surface area contributed by atoms with Crippen LogP contribution in [0.5, 0.6) is 17.2 Å². The third kappa shape index (κ3) is 4.67. The van der Waals surface area contributed by atoms with Crippen molar-refractivity contribution in [3.05, 3.63) is 66.0 Å². The molecule has 0 spiro atoms. The van der Waals surface area contributed by atoms with Gasteiger partial charge < -0.3 is 19.3 Å². The minimum atomic E-state index is -1.02. The normalized spacial score (nSPS) is 10.8. The van der Waals surface area contributed by atoms with Gasteiger partial charge in [-0.25, -0.2) is 9.48 Å². The van der Waals surface area contributed by atoms with Crippen LogP contribution in [-0.2, 0) is 11.4 Å². The number of aromatic nitrogens is 3. The molecule has 0 radical (unpaired) electrons. The fourth-order valence-electron chi connectivity index (χ4n) is 2.47. The van der Waals surface area contributed by atoms with Gasteiger partial charge in [-0.3, -0.25) is 0 Å². The summed E-state index contributed by atoms with van der Waals surface area (Å²) in [6, 6.07) is 12.6. The van der Waals surface area contributed by atoms with Gasteiger partial charge in [0, 0.05) is 12.1 Å². The van der Waals surface area contributed by atoms with E-state index in [9.17, 15) is 4.79 Å². The molecule has 2 aromatic carbocycles. The first-order valence-electron chi connectivity index (χ1n) is 8.36. The van der Waals surface area contributed by atoms with Crippen LogP contribution in [0.2, 0.25) is 0 Å². The number of hydrogen-bond donors (Lipinski definition) is 1. The van der Waals surface area contributed by atoms with Crippen LogP contribution < -0.4 is 14.2 Å². The number of carboxylic acid groups (broad SMARTS) is 1. The second kappa shape index (κ2) is 8.72. The Morgan fingerprint density at radius 1 is 1.14 bits per heavy atom. The van der Waals surface area contributed by atoms with Crippen molar-refractivity contribution in [3.8, 4) is 22.9 Å². The Bertz CT molecular complexity index is 997. The molecular formula is C20H19N3O5. The maximum absolute atomic E-state index is 10.6. The highest BCUT2D eigenvalue weighted by Gasteiger charge is 2.09. The van der Waals surface area contributed by atoms with Gasteiger partial charge in [0.1, 0.15) is 18.1 Å². The lowest BCUT2D eigenvalue weighted by Gasteiger charge is -2.10. The molecule has 3 rings (SSSR count). The first-order valence-corrected chi connectivity index (χ1v) is 8.36. The fourth-order valence-corrected chi connectivity index (χ4v) is 2.47. The Hall–Kier alpha value is -3.81. The van der Waals surface area contributed by atoms with E-state index >= 15 is 0 Å². The monoisotopic (exact) mass is 381 g/mol. The summed E-state index contributed by atoms with van der Waals surface area (Å²) in [4.78, 5) is 10.6. The molecule has 0 fully saturated rings. The first-order chi connectivity index (χ1) is 13.6. The number of benzene rings is 2. The maximum Gasteiger partial charge on any atom is 0.328 e. The summed E-state index contributed by atoms with van der Waals surface area (Å²) < 4.78 is 18.0. The SMILES string of the molecule is COc1cccc(-n2cc(COc3ccc(/C=C/C(=O)O)cc3OC)nn2)c1. The van der Waals surface area contributed by atoms with Gasteiger partial charge in [-0.1, -0.05) is 17.3 Å². The largest absolute Gasteiger partial charge is 0.497 e. The first kappa shape index (κ1) is 19.0. The number of carboxylic acids is 1. The van der Waals surface area contributed by atoms with E-state index < -0.39 is 5.97 Å². The molecule has 0 aliphatic rings. The molecule has 1 N–H and O–H groups in total. The maximum atomic E-state index is 10.6. The summed E-state index contributed by atoms with van der Waals surface area (Å²) in [6.45, 7) is 0.199. The van der Waals surface area contributed by atoms with Crippen LogP contribution in [0, 0.1) is 0 Å². The van der Waals surface area contributed by atoms with Gasteiger partial charge in [-0.2, -0.15) is 0 Å². The average molecular weight is 381 g/mol. The molecule has 0 bridgehead atoms. The lowest BCUT2D eigenvalue weighted by molar-refractivity contribution is -0.131. The van der Waals surface area contributed by atoms with Crippen LogP contribution in [0.15, 0.2) is 54.7 Å². The van der Waals surface area contributed by atoms with Gasteiger partial charge in [-0.15, -0.1) is 5.10 Å². The number of aliphatic carboxylic acids is 1. The van der Waals surface area contributed by atoms with E-state index in [4.69, 9.17) is 19.3 Å². The van der Waals surface area contributed by atoms with E-state index in [0.717, 1.165) is 17.5 Å². The summed E-state index contributed by atoms with van der Waals surface area (Å²) in [5.74, 6) is 0.727. The van der Waals surface area contributed by atoms with Crippen molar-refractivity contribution in [2.45, 2.75) is 6.61 Å². The van der Waals surface area contributed by atoms with Crippen LogP contribution in [0.1, 0.15) is 11.3 Å². The number of nitrogens with zero attached hydrogens (tertiary/aromatic N) is 3. The predicted molar refractivity (Wildman–Crippen MR) is 102 cm³/mol. The molecule has 144 valence electrons. The topological polar surface area (TPSA) is 95.7 Å². The molecule has 8 nitrogen and oxygen atoms in total. The minimum absolute atomic E-state index is 0.199. The van der Waals surface area contributed by atoms with E-state index in [-0.39, 0.29) is 6.61 Å². The highest BCUT2D eigenvalue weighted by molar-refractivity contribution is 5.85. The van der Waals surface area contributed by atoms with E-state index in [2.05, 4.69) is 10.3 Å². The molecule has 0 saturated heterocycles. The highest BCUT2D eigenvalue weighted by Crippen LogP contribution is 2.29. The lowest BCUT2D eigenvalue weighted by Crippen LogP contribution is -1.98. The van der Waals surface area contributed by atoms with Gasteiger partial charge in [-0.05, 0) is 35.9 Å². The van der Waals surface area contributed by atoms with Crippen molar-refractivity contribution in [2.75, 3.05) is 14.2 Å². The Morgan fingerprint density at radius 3 is 2.75 bits per heavy atom. The van der Waals surface area contributed by atoms with Crippen LogP contribution in [-0.4, -0.2) is 40.3 Å². The smallest absolute Gasteiger partial charge is 0.328 e. The van der Waals surface area contributed by atoms with Crippen LogP contribution >= 0.6 is 0 Å². The number of hydrogen-bond acceptors (Lipinski definition) is 6. The molecule has 0 atom stereocenters. The number of carbonyl (C=O) groups is 1. The number of methoxy groups -OCH3 is 2. The van der Waals surface area contributed by atoms with E-state index in [0.29, 0.717) is 22.8 Å². The average Bonchev–Trinajstić information content (AvgIpc) is 3.20. The summed E-state index contributed by atoms with van der Waals surface area (Å²) in [5, 5.41) is 16.9. The van der Waals surface area contributed by atoms with Crippen LogP contribution in [0.4, 0.5) is 0 Å². The van der Waals surface area contributed by atoms with E-state index in [1.807, 2.05) is 24.3 Å². The van der Waals surface area contributed by atoms with Crippen molar-refractivity contribution < 1.29 is 24.1 Å². The molecule has 1 aromatic heterocycles. The van der Waals surface area contributed by atoms with Crippen LogP contribution in [0.25, 0.3) is 11.8 Å². The van der Waals surface area contributed by atoms with Crippen molar-refractivity contribution in [1.29, 1.82) is 0 Å². The molecular weight excluding hydrogens is 362 g/mol. The zero-order valence-corrected chi connectivity index (χ0v) is 15.4. The minimum Gasteiger partial charge on any atom is -0.497 e. The summed E-state index contributed by atoms with van der Waals surface area (Å²) >= 11 is 0. The molecule has 1 heterocycles. The Morgan fingerprint density at radius 2 is 2.00 bits per heavy atom. The molecule has 0 amide bonds. The molecule has 0 aliphatic carbocycles. The fraction of sp³-hybridized carbons (Fsp3) is 0.150. The van der Waals surface area contributed by atoms with E-state index in [1.54, 1.807) is 36.2 Å². The highest BCUT2D eigenvalue weighted by atomic mass is 16.5. The third-order valence-corrected chi connectivity index (χ3v) is 3.84. The Labute approximate surface area is 161 Å². The van der Waals surface area contributed by atoms with Crippen molar-refractivity contribution in [3.63, 3.8) is 0 Å². The summed E-state index contributed by atoms with van der Waals surface area (Å²) in [6.07, 6.45) is 4.31. The molecule has 3 aromatic rings. The molecule has 8 heteroatoms. The number of rotatable bonds is 8. The zero-order chi connectivity index (χ0) is 19.9. The molecule has 0 saturated carbocycles. The van der Waals surface area contributed by atoms with Gasteiger partial charge in [0.2, 0.25) is 0 Å². The van der Waals surface area contributed by atoms with Gasteiger partial charge >= 0.3 is 5.97 Å². The van der Waals surface area contributed by atoms with Gasteiger partial charge in [0.25, 0.3) is 0 Å². The Kier molecular flexibility index (Phi) is 5.91. The van der Waals surface area contributed by atoms with Crippen molar-refractivity contribution in [2.24, 2.45) is 0 Å². The van der Waals surface area contributed by atoms with Crippen LogP contribution in [0.3, 0.4) is 0 Å². The Balaban J connectivity index is 1.70. The third-order valence-electron chi connectivity index (χ3n) is 3.84. The van der Waals surface area contributed by atoms with Crippen molar-refractivity contribution in [1.82, 2.24) is 15.0 Å². The molecule has 0 aliphatic heterocycles. The number of ether oxygens (including phenoxy) is 3. The predicted octanol–water partition coefficient (Wildman–Crippen LogP) is 2.96. The standard InChI is InChI=1S/C20H19N3O5/c1-26-17-5-3-4-16(11-17)23-12-15(21-22-23)13-28-18-8-6-14(7-9-20(24)25)10-19(18)27-2/h3-12H,13H2,1-2H3,(H,24,25)/b9-7+. The van der Waals surface area contributed by atoms with Crippen molar-refractivity contribution >= 4 is 12.0 Å². The second-order valence-electron chi connectivity index (χ2n) is 5.73. The second-order valence-corrected chi connectivity index (χ2v) is 5.73. The van der Waals surface area contributed by atoms with E-state index in [1.165, 1.54) is 13.2 Å².